The molecule has 2 bridgehead atoms. The molecule has 15 heavy (non-hydrogen) atoms. The van der Waals surface area contributed by atoms with E-state index in [1.165, 1.54) is 4.90 Å². The Morgan fingerprint density at radius 2 is 1.67 bits per heavy atom. The van der Waals surface area contributed by atoms with E-state index in [9.17, 15) is 9.59 Å². The van der Waals surface area contributed by atoms with Crippen LogP contribution < -0.4 is 5.73 Å². The van der Waals surface area contributed by atoms with Gasteiger partial charge >= 0.3 is 0 Å². The quantitative estimate of drug-likeness (QED) is 0.586. The first-order chi connectivity index (χ1) is 7.16. The lowest BCUT2D eigenvalue weighted by Crippen LogP contribution is -2.61. The number of fused-ring (bicyclic) bond motifs is 2. The second-order valence-electron chi connectivity index (χ2n) is 4.62. The van der Waals surface area contributed by atoms with Crippen molar-refractivity contribution in [1.82, 2.24) is 4.90 Å². The lowest BCUT2D eigenvalue weighted by molar-refractivity contribution is -0.173. The highest BCUT2D eigenvalue weighted by Gasteiger charge is 2.50. The molecule has 0 aromatic carbocycles. The van der Waals surface area contributed by atoms with E-state index in [1.54, 1.807) is 0 Å². The smallest absolute Gasteiger partial charge is 0.258 e. The summed E-state index contributed by atoms with van der Waals surface area (Å²) < 4.78 is 5.33. The number of amides is 2. The standard InChI is InChI=1S/C10H14N2O3/c11-5-3-6(4-5)12-9(13)7-1-2-8(15-7)10(12)14/h5-8H,1-4,11H2. The third-order valence-electron chi connectivity index (χ3n) is 3.56. The predicted octanol–water partition coefficient (Wildman–Crippen LogP) is -0.608. The molecule has 5 nitrogen and oxygen atoms in total. The van der Waals surface area contributed by atoms with Gasteiger partial charge < -0.3 is 10.5 Å². The zero-order valence-corrected chi connectivity index (χ0v) is 8.39. The van der Waals surface area contributed by atoms with E-state index in [1.807, 2.05) is 0 Å². The fourth-order valence-corrected chi connectivity index (χ4v) is 2.62. The largest absolute Gasteiger partial charge is 0.355 e. The Labute approximate surface area is 87.5 Å². The van der Waals surface area contributed by atoms with Crippen molar-refractivity contribution in [2.24, 2.45) is 5.73 Å². The number of hydrogen-bond acceptors (Lipinski definition) is 4. The zero-order valence-electron chi connectivity index (χ0n) is 8.39. The highest BCUT2D eigenvalue weighted by Crippen LogP contribution is 2.34. The van der Waals surface area contributed by atoms with Crippen molar-refractivity contribution in [3.8, 4) is 0 Å². The maximum atomic E-state index is 11.9. The molecule has 3 aliphatic rings. The molecular formula is C10H14N2O3. The maximum absolute atomic E-state index is 11.9. The van der Waals surface area contributed by atoms with Gasteiger partial charge in [0.05, 0.1) is 0 Å². The summed E-state index contributed by atoms with van der Waals surface area (Å²) in [4.78, 5) is 25.2. The molecule has 1 saturated carbocycles. The number of rotatable bonds is 1. The number of hydrogen-bond donors (Lipinski definition) is 1. The van der Waals surface area contributed by atoms with E-state index in [2.05, 4.69) is 0 Å². The fraction of sp³-hybridized carbons (Fsp3) is 0.800. The molecule has 82 valence electrons. The Morgan fingerprint density at radius 1 is 1.13 bits per heavy atom. The summed E-state index contributed by atoms with van der Waals surface area (Å²) in [6.07, 6.45) is 2.12. The molecule has 3 rings (SSSR count). The highest BCUT2D eigenvalue weighted by molar-refractivity contribution is 6.02. The Hall–Kier alpha value is -0.940. The minimum absolute atomic E-state index is 0.0343. The molecule has 2 N–H and O–H groups in total. The van der Waals surface area contributed by atoms with Gasteiger partial charge in [0.15, 0.2) is 0 Å². The van der Waals surface area contributed by atoms with Crippen LogP contribution in [0.15, 0.2) is 0 Å². The minimum Gasteiger partial charge on any atom is -0.355 e. The van der Waals surface area contributed by atoms with Crippen LogP contribution in [0.4, 0.5) is 0 Å². The highest BCUT2D eigenvalue weighted by atomic mass is 16.5. The number of imide groups is 1. The van der Waals surface area contributed by atoms with Crippen LogP contribution in [-0.4, -0.2) is 41.0 Å². The SMILES string of the molecule is NC1CC(N2C(=O)C3CCC(O3)C2=O)C1. The summed E-state index contributed by atoms with van der Waals surface area (Å²) in [5, 5.41) is 0. The average Bonchev–Trinajstić information content (AvgIpc) is 2.59. The minimum atomic E-state index is -0.371. The van der Waals surface area contributed by atoms with Gasteiger partial charge in [-0.15, -0.1) is 0 Å². The zero-order chi connectivity index (χ0) is 10.6. The van der Waals surface area contributed by atoms with Gasteiger partial charge in [0.2, 0.25) is 0 Å². The van der Waals surface area contributed by atoms with Crippen LogP contribution >= 0.6 is 0 Å². The van der Waals surface area contributed by atoms with Crippen LogP contribution in [0.5, 0.6) is 0 Å². The number of carbonyl (C=O) groups is 2. The molecule has 3 fully saturated rings. The van der Waals surface area contributed by atoms with Crippen molar-refractivity contribution in [2.45, 2.75) is 50.0 Å². The molecule has 0 aromatic heterocycles. The first kappa shape index (κ1) is 9.30. The normalized spacial score (nSPS) is 44.5. The number of morpholine rings is 1. The van der Waals surface area contributed by atoms with Gasteiger partial charge in [0.25, 0.3) is 11.8 Å². The van der Waals surface area contributed by atoms with Crippen molar-refractivity contribution in [3.05, 3.63) is 0 Å². The molecule has 0 spiro atoms. The van der Waals surface area contributed by atoms with Gasteiger partial charge in [-0.3, -0.25) is 14.5 Å². The molecule has 5 heteroatoms. The van der Waals surface area contributed by atoms with Gasteiger partial charge in [-0.05, 0) is 25.7 Å². The van der Waals surface area contributed by atoms with Gasteiger partial charge in [0.1, 0.15) is 12.2 Å². The summed E-state index contributed by atoms with van der Waals surface area (Å²) in [7, 11) is 0. The summed E-state index contributed by atoms with van der Waals surface area (Å²) in [6, 6.07) is 0.183. The molecule has 2 heterocycles. The molecule has 1 aliphatic carbocycles. The molecular weight excluding hydrogens is 196 g/mol. The van der Waals surface area contributed by atoms with Gasteiger partial charge in [-0.1, -0.05) is 0 Å². The van der Waals surface area contributed by atoms with E-state index in [4.69, 9.17) is 10.5 Å². The predicted molar refractivity (Wildman–Crippen MR) is 50.7 cm³/mol. The van der Waals surface area contributed by atoms with Gasteiger partial charge in [0, 0.05) is 12.1 Å². The summed E-state index contributed by atoms with van der Waals surface area (Å²) in [6.45, 7) is 0. The van der Waals surface area contributed by atoms with Crippen molar-refractivity contribution in [3.63, 3.8) is 0 Å². The number of carbonyl (C=O) groups excluding carboxylic acids is 2. The molecule has 2 aliphatic heterocycles. The van der Waals surface area contributed by atoms with E-state index in [0.29, 0.717) is 12.8 Å². The molecule has 2 amide bonds. The lowest BCUT2D eigenvalue weighted by Gasteiger charge is -2.43. The van der Waals surface area contributed by atoms with E-state index in [0.717, 1.165) is 12.8 Å². The van der Waals surface area contributed by atoms with Crippen molar-refractivity contribution >= 4 is 11.8 Å². The van der Waals surface area contributed by atoms with Crippen LogP contribution in [0.1, 0.15) is 25.7 Å². The number of nitrogens with two attached hydrogens (primary N) is 1. The monoisotopic (exact) mass is 210 g/mol. The third kappa shape index (κ3) is 1.23. The molecule has 0 radical (unpaired) electrons. The first-order valence-corrected chi connectivity index (χ1v) is 5.45. The maximum Gasteiger partial charge on any atom is 0.258 e. The molecule has 2 saturated heterocycles. The molecule has 2 atom stereocenters. The van der Waals surface area contributed by atoms with E-state index in [-0.39, 0.29) is 36.1 Å². The molecule has 0 aromatic rings. The van der Waals surface area contributed by atoms with E-state index < -0.39 is 0 Å². The van der Waals surface area contributed by atoms with Gasteiger partial charge in [-0.2, -0.15) is 0 Å². The fourth-order valence-electron chi connectivity index (χ4n) is 2.62. The van der Waals surface area contributed by atoms with Crippen molar-refractivity contribution in [1.29, 1.82) is 0 Å². The van der Waals surface area contributed by atoms with Crippen LogP contribution in [0.3, 0.4) is 0 Å². The Bertz CT molecular complexity index is 303. The van der Waals surface area contributed by atoms with Crippen molar-refractivity contribution < 1.29 is 14.3 Å². The second kappa shape index (κ2) is 3.02. The average molecular weight is 210 g/mol. The Kier molecular flexibility index (Phi) is 1.87. The number of nitrogens with zero attached hydrogens (tertiary/aromatic N) is 1. The first-order valence-electron chi connectivity index (χ1n) is 5.45. The van der Waals surface area contributed by atoms with Crippen LogP contribution in [0.25, 0.3) is 0 Å². The van der Waals surface area contributed by atoms with Crippen molar-refractivity contribution in [2.75, 3.05) is 0 Å². The second-order valence-corrected chi connectivity index (χ2v) is 4.62. The Morgan fingerprint density at radius 3 is 2.13 bits per heavy atom. The third-order valence-corrected chi connectivity index (χ3v) is 3.56. The number of likely N-dealkylation sites (tertiary alicyclic amines) is 1. The van der Waals surface area contributed by atoms with Crippen LogP contribution in [-0.2, 0) is 14.3 Å². The topological polar surface area (TPSA) is 72.6 Å². The molecule has 2 unspecified atom stereocenters. The van der Waals surface area contributed by atoms with Crippen LogP contribution in [0, 0.1) is 0 Å². The van der Waals surface area contributed by atoms with Crippen LogP contribution in [0.2, 0.25) is 0 Å². The Balaban J connectivity index is 1.82. The lowest BCUT2D eigenvalue weighted by atomic mass is 9.85. The summed E-state index contributed by atoms with van der Waals surface area (Å²) in [5.74, 6) is -0.295. The summed E-state index contributed by atoms with van der Waals surface area (Å²) >= 11 is 0. The summed E-state index contributed by atoms with van der Waals surface area (Å²) in [5.41, 5.74) is 5.67. The van der Waals surface area contributed by atoms with Gasteiger partial charge in [-0.25, -0.2) is 0 Å². The van der Waals surface area contributed by atoms with E-state index >= 15 is 0 Å². The number of ether oxygens (including phenoxy) is 1.